The van der Waals surface area contributed by atoms with Gasteiger partial charge in [0.25, 0.3) is 0 Å². The molecule has 41 heavy (non-hydrogen) atoms. The molecule has 8 nitrogen and oxygen atoms in total. The molecule has 0 bridgehead atoms. The minimum absolute atomic E-state index is 0.252. The normalized spacial score (nSPS) is 11.8. The zero-order valence-electron chi connectivity index (χ0n) is 24.3. The van der Waals surface area contributed by atoms with Crippen molar-refractivity contribution in [3.8, 4) is 16.9 Å². The van der Waals surface area contributed by atoms with E-state index in [1.807, 2.05) is 51.2 Å². The molecule has 6 rings (SSSR count). The molecular weight excluding hydrogens is 512 g/mol. The number of pyridine rings is 1. The SMILES string of the molecule is C=CC(=O)Nc1c(C)ccc2c1c1cc(OCCN(C)C)ccc1c1[nH]c3ncc(-c4cnn(C)c4C)c(C)c3c21. The summed E-state index contributed by atoms with van der Waals surface area (Å²) in [6.07, 6.45) is 5.13. The highest BCUT2D eigenvalue weighted by Crippen LogP contribution is 2.45. The number of benzene rings is 3. The van der Waals surface area contributed by atoms with Crippen molar-refractivity contribution in [1.82, 2.24) is 24.6 Å². The van der Waals surface area contributed by atoms with Gasteiger partial charge in [-0.05, 0) is 81.0 Å². The van der Waals surface area contributed by atoms with Crippen molar-refractivity contribution in [2.24, 2.45) is 7.05 Å². The number of rotatable bonds is 7. The van der Waals surface area contributed by atoms with E-state index in [9.17, 15) is 4.79 Å². The van der Waals surface area contributed by atoms with Crippen LogP contribution in [0.25, 0.3) is 54.6 Å². The number of nitrogens with one attached hydrogen (secondary N) is 2. The van der Waals surface area contributed by atoms with Crippen molar-refractivity contribution >= 4 is 55.1 Å². The van der Waals surface area contributed by atoms with Gasteiger partial charge in [0.05, 0.1) is 17.4 Å². The number of carbonyl (C=O) groups excluding carboxylic acids is 1. The van der Waals surface area contributed by atoms with Crippen LogP contribution in [0.3, 0.4) is 0 Å². The van der Waals surface area contributed by atoms with Crippen LogP contribution in [0.2, 0.25) is 0 Å². The molecule has 0 unspecified atom stereocenters. The Morgan fingerprint density at radius 3 is 2.54 bits per heavy atom. The monoisotopic (exact) mass is 546 g/mol. The molecular formula is C33H34N6O2. The van der Waals surface area contributed by atoms with E-state index >= 15 is 0 Å². The fourth-order valence-corrected chi connectivity index (χ4v) is 5.73. The lowest BCUT2D eigenvalue weighted by Crippen LogP contribution is -2.19. The molecule has 3 aromatic heterocycles. The number of amides is 1. The summed E-state index contributed by atoms with van der Waals surface area (Å²) < 4.78 is 8.02. The predicted molar refractivity (Wildman–Crippen MR) is 168 cm³/mol. The van der Waals surface area contributed by atoms with Gasteiger partial charge in [-0.2, -0.15) is 5.10 Å². The number of hydrogen-bond acceptors (Lipinski definition) is 5. The minimum Gasteiger partial charge on any atom is -0.492 e. The zero-order valence-corrected chi connectivity index (χ0v) is 24.3. The third-order valence-corrected chi connectivity index (χ3v) is 8.06. The van der Waals surface area contributed by atoms with E-state index in [1.165, 1.54) is 6.08 Å². The van der Waals surface area contributed by atoms with Crippen molar-refractivity contribution in [1.29, 1.82) is 0 Å². The first-order chi connectivity index (χ1) is 19.7. The van der Waals surface area contributed by atoms with E-state index in [-0.39, 0.29) is 5.91 Å². The second-order valence-electron chi connectivity index (χ2n) is 10.9. The Bertz CT molecular complexity index is 2010. The molecule has 6 aromatic rings. The first kappa shape index (κ1) is 26.5. The van der Waals surface area contributed by atoms with Gasteiger partial charge in [0.2, 0.25) is 5.91 Å². The number of aromatic amines is 1. The van der Waals surface area contributed by atoms with Crippen molar-refractivity contribution < 1.29 is 9.53 Å². The molecule has 2 N–H and O–H groups in total. The summed E-state index contributed by atoms with van der Waals surface area (Å²) in [5.41, 5.74) is 7.87. The number of anilines is 1. The average molecular weight is 547 g/mol. The number of fused-ring (bicyclic) bond motifs is 8. The van der Waals surface area contributed by atoms with Crippen LogP contribution in [0.5, 0.6) is 5.75 Å². The Hall–Kier alpha value is -4.69. The highest BCUT2D eigenvalue weighted by atomic mass is 16.5. The van der Waals surface area contributed by atoms with Crippen LogP contribution < -0.4 is 10.1 Å². The largest absolute Gasteiger partial charge is 0.492 e. The summed E-state index contributed by atoms with van der Waals surface area (Å²) in [5.74, 6) is 0.528. The maximum Gasteiger partial charge on any atom is 0.247 e. The summed E-state index contributed by atoms with van der Waals surface area (Å²) >= 11 is 0. The number of H-pyrrole nitrogens is 1. The molecule has 0 aliphatic rings. The summed E-state index contributed by atoms with van der Waals surface area (Å²) in [4.78, 5) is 23.2. The fourth-order valence-electron chi connectivity index (χ4n) is 5.73. The van der Waals surface area contributed by atoms with Crippen molar-refractivity contribution in [3.05, 3.63) is 72.2 Å². The predicted octanol–water partition coefficient (Wildman–Crippen LogP) is 6.41. The molecule has 0 aliphatic carbocycles. The average Bonchev–Trinajstić information content (AvgIpc) is 3.50. The van der Waals surface area contributed by atoms with Crippen molar-refractivity contribution in [2.45, 2.75) is 20.8 Å². The van der Waals surface area contributed by atoms with E-state index in [0.29, 0.717) is 6.61 Å². The zero-order chi connectivity index (χ0) is 29.0. The summed E-state index contributed by atoms with van der Waals surface area (Å²) in [5, 5.41) is 13.7. The Kier molecular flexibility index (Phi) is 6.50. The standard InChI is InChI=1S/C33H34N6O2/c1-8-27(40)36-31-18(2)9-11-23-29(31)24-15-21(41-14-13-38(5)6)10-12-22(24)32-30(23)28-19(3)25(16-34-33(28)37-32)26-17-35-39(7)20(26)4/h8-12,15-17H,1,13-14H2,2-7H3,(H,34,37)(H,36,40). The number of aromatic nitrogens is 4. The van der Waals surface area contributed by atoms with E-state index in [2.05, 4.69) is 65.0 Å². The van der Waals surface area contributed by atoms with Crippen LogP contribution in [-0.4, -0.2) is 57.8 Å². The lowest BCUT2D eigenvalue weighted by Gasteiger charge is -2.17. The second kappa shape index (κ2) is 10.1. The molecule has 0 atom stereocenters. The van der Waals surface area contributed by atoms with Gasteiger partial charge >= 0.3 is 0 Å². The number of carbonyl (C=O) groups is 1. The Labute approximate surface area is 238 Å². The number of aryl methyl sites for hydroxylation is 3. The second-order valence-corrected chi connectivity index (χ2v) is 10.9. The molecule has 3 heterocycles. The lowest BCUT2D eigenvalue weighted by atomic mass is 9.92. The van der Waals surface area contributed by atoms with Crippen LogP contribution in [0.4, 0.5) is 5.69 Å². The third kappa shape index (κ3) is 4.31. The van der Waals surface area contributed by atoms with Crippen LogP contribution in [0.1, 0.15) is 16.8 Å². The van der Waals surface area contributed by atoms with Crippen molar-refractivity contribution in [2.75, 3.05) is 32.6 Å². The van der Waals surface area contributed by atoms with Crippen molar-refractivity contribution in [3.63, 3.8) is 0 Å². The van der Waals surface area contributed by atoms with Gasteiger partial charge in [-0.15, -0.1) is 0 Å². The molecule has 0 fully saturated rings. The van der Waals surface area contributed by atoms with Crippen LogP contribution >= 0.6 is 0 Å². The summed E-state index contributed by atoms with van der Waals surface area (Å²) in [6, 6.07) is 10.4. The lowest BCUT2D eigenvalue weighted by molar-refractivity contribution is -0.111. The van der Waals surface area contributed by atoms with Gasteiger partial charge < -0.3 is 19.9 Å². The fraction of sp³-hybridized carbons (Fsp3) is 0.242. The van der Waals surface area contributed by atoms with Gasteiger partial charge in [0, 0.05) is 58.2 Å². The molecule has 8 heteroatoms. The van der Waals surface area contributed by atoms with E-state index < -0.39 is 0 Å². The number of ether oxygens (including phenoxy) is 1. The Morgan fingerprint density at radius 1 is 1.05 bits per heavy atom. The van der Waals surface area contributed by atoms with Gasteiger partial charge in [-0.3, -0.25) is 9.48 Å². The van der Waals surface area contributed by atoms with Gasteiger partial charge in [0.1, 0.15) is 18.0 Å². The minimum atomic E-state index is -0.252. The maximum atomic E-state index is 12.6. The first-order valence-corrected chi connectivity index (χ1v) is 13.7. The number of hydrogen-bond donors (Lipinski definition) is 2. The smallest absolute Gasteiger partial charge is 0.247 e. The molecule has 0 aliphatic heterocycles. The summed E-state index contributed by atoms with van der Waals surface area (Å²) in [6.45, 7) is 11.3. The van der Waals surface area contributed by atoms with Gasteiger partial charge in [-0.1, -0.05) is 18.7 Å². The van der Waals surface area contributed by atoms with Crippen LogP contribution in [0, 0.1) is 20.8 Å². The molecule has 0 radical (unpaired) electrons. The molecule has 0 saturated heterocycles. The third-order valence-electron chi connectivity index (χ3n) is 8.06. The van der Waals surface area contributed by atoms with E-state index in [4.69, 9.17) is 9.72 Å². The number of likely N-dealkylation sites (N-methyl/N-ethyl adjacent to an activating group) is 1. The van der Waals surface area contributed by atoms with Gasteiger partial charge in [-0.25, -0.2) is 4.98 Å². The molecule has 0 spiro atoms. The van der Waals surface area contributed by atoms with Crippen LogP contribution in [0.15, 0.2) is 55.4 Å². The highest BCUT2D eigenvalue weighted by molar-refractivity contribution is 6.34. The van der Waals surface area contributed by atoms with Gasteiger partial charge in [0.15, 0.2) is 0 Å². The van der Waals surface area contributed by atoms with E-state index in [1.54, 1.807) is 0 Å². The van der Waals surface area contributed by atoms with E-state index in [0.717, 1.165) is 89.4 Å². The van der Waals surface area contributed by atoms with Crippen LogP contribution in [-0.2, 0) is 11.8 Å². The Balaban J connectivity index is 1.73. The quantitative estimate of drug-likeness (QED) is 0.178. The molecule has 3 aromatic carbocycles. The molecule has 1 amide bonds. The highest BCUT2D eigenvalue weighted by Gasteiger charge is 2.22. The first-order valence-electron chi connectivity index (χ1n) is 13.7. The number of nitrogens with zero attached hydrogens (tertiary/aromatic N) is 4. The Morgan fingerprint density at radius 2 is 1.83 bits per heavy atom. The summed E-state index contributed by atoms with van der Waals surface area (Å²) in [7, 11) is 6.00. The molecule has 208 valence electrons. The maximum absolute atomic E-state index is 12.6. The molecule has 0 saturated carbocycles. The topological polar surface area (TPSA) is 88.1 Å².